The normalized spacial score (nSPS) is 16.8. The molecule has 1 heterocycles. The van der Waals surface area contributed by atoms with E-state index in [-0.39, 0.29) is 0 Å². The van der Waals surface area contributed by atoms with Gasteiger partial charge in [0, 0.05) is 13.1 Å². The van der Waals surface area contributed by atoms with Crippen LogP contribution < -0.4 is 4.90 Å². The zero-order valence-electron chi connectivity index (χ0n) is 7.70. The first-order valence-electron chi connectivity index (χ1n) is 4.63. The molecule has 0 aromatic carbocycles. The molecule has 2 rings (SSSR count). The molecular formula is C10H13BrN2. The topological polar surface area (TPSA) is 16.1 Å². The van der Waals surface area contributed by atoms with E-state index >= 15 is 0 Å². The quantitative estimate of drug-likeness (QED) is 0.740. The number of pyridine rings is 1. The van der Waals surface area contributed by atoms with Gasteiger partial charge in [0.05, 0.1) is 0 Å². The van der Waals surface area contributed by atoms with Gasteiger partial charge in [0.25, 0.3) is 0 Å². The fraction of sp³-hybridized carbons (Fsp3) is 0.500. The molecule has 1 fully saturated rings. The zero-order valence-corrected chi connectivity index (χ0v) is 9.29. The number of nitrogens with zero attached hydrogens (tertiary/aromatic N) is 2. The van der Waals surface area contributed by atoms with E-state index in [1.165, 1.54) is 19.3 Å². The minimum atomic E-state index is 0.710. The number of halogens is 1. The number of hydrogen-bond donors (Lipinski definition) is 0. The van der Waals surface area contributed by atoms with Gasteiger partial charge in [-0.25, -0.2) is 4.98 Å². The Hall–Kier alpha value is -0.570. The van der Waals surface area contributed by atoms with Crippen LogP contribution in [0.15, 0.2) is 22.8 Å². The third kappa shape index (κ3) is 1.85. The summed E-state index contributed by atoms with van der Waals surface area (Å²) >= 11 is 3.38. The third-order valence-electron chi connectivity index (χ3n) is 2.68. The molecule has 1 aromatic rings. The second kappa shape index (κ2) is 3.66. The molecule has 3 heteroatoms. The Morgan fingerprint density at radius 2 is 2.23 bits per heavy atom. The van der Waals surface area contributed by atoms with Crippen LogP contribution >= 0.6 is 15.9 Å². The van der Waals surface area contributed by atoms with Crippen molar-refractivity contribution in [3.63, 3.8) is 0 Å². The van der Waals surface area contributed by atoms with Crippen molar-refractivity contribution in [2.75, 3.05) is 11.9 Å². The summed E-state index contributed by atoms with van der Waals surface area (Å²) in [6.45, 7) is 0. The second-order valence-electron chi connectivity index (χ2n) is 3.51. The highest BCUT2D eigenvalue weighted by molar-refractivity contribution is 9.10. The van der Waals surface area contributed by atoms with Gasteiger partial charge in [-0.2, -0.15) is 0 Å². The molecule has 1 saturated carbocycles. The van der Waals surface area contributed by atoms with Gasteiger partial charge in [-0.3, -0.25) is 0 Å². The summed E-state index contributed by atoms with van der Waals surface area (Å²) in [7, 11) is 2.12. The van der Waals surface area contributed by atoms with Gasteiger partial charge in [0.1, 0.15) is 10.4 Å². The van der Waals surface area contributed by atoms with Crippen LogP contribution in [-0.4, -0.2) is 18.1 Å². The molecule has 13 heavy (non-hydrogen) atoms. The summed E-state index contributed by atoms with van der Waals surface area (Å²) in [5.74, 6) is 1.07. The van der Waals surface area contributed by atoms with Crippen LogP contribution in [0.25, 0.3) is 0 Å². The van der Waals surface area contributed by atoms with Gasteiger partial charge in [-0.05, 0) is 47.3 Å². The maximum absolute atomic E-state index is 4.42. The Labute approximate surface area is 87.1 Å². The molecule has 70 valence electrons. The average molecular weight is 241 g/mol. The predicted octanol–water partition coefficient (Wildman–Crippen LogP) is 2.83. The lowest BCUT2D eigenvalue weighted by molar-refractivity contribution is 0.399. The molecule has 0 saturated heterocycles. The van der Waals surface area contributed by atoms with Crippen molar-refractivity contribution in [2.45, 2.75) is 25.3 Å². The highest BCUT2D eigenvalue weighted by Gasteiger charge is 2.22. The molecular weight excluding hydrogens is 228 g/mol. The van der Waals surface area contributed by atoms with Crippen LogP contribution in [0.4, 0.5) is 5.82 Å². The summed E-state index contributed by atoms with van der Waals surface area (Å²) in [5, 5.41) is 0. The lowest BCUT2D eigenvalue weighted by Gasteiger charge is -2.35. The van der Waals surface area contributed by atoms with Crippen molar-refractivity contribution in [1.29, 1.82) is 0 Å². The van der Waals surface area contributed by atoms with Crippen LogP contribution in [0.3, 0.4) is 0 Å². The van der Waals surface area contributed by atoms with Crippen LogP contribution in [0.2, 0.25) is 0 Å². The lowest BCUT2D eigenvalue weighted by Crippen LogP contribution is -2.37. The van der Waals surface area contributed by atoms with Gasteiger partial charge in [-0.15, -0.1) is 0 Å². The molecule has 2 nitrogen and oxygen atoms in total. The fourth-order valence-corrected chi connectivity index (χ4v) is 1.89. The monoisotopic (exact) mass is 240 g/mol. The van der Waals surface area contributed by atoms with Gasteiger partial charge in [0.2, 0.25) is 0 Å². The van der Waals surface area contributed by atoms with E-state index in [0.29, 0.717) is 6.04 Å². The van der Waals surface area contributed by atoms with Crippen molar-refractivity contribution in [3.05, 3.63) is 22.8 Å². The molecule has 1 aliphatic rings. The van der Waals surface area contributed by atoms with Crippen molar-refractivity contribution < 1.29 is 0 Å². The van der Waals surface area contributed by atoms with Gasteiger partial charge in [0.15, 0.2) is 0 Å². The minimum absolute atomic E-state index is 0.710. The van der Waals surface area contributed by atoms with E-state index in [1.54, 1.807) is 0 Å². The maximum atomic E-state index is 4.42. The van der Waals surface area contributed by atoms with Crippen molar-refractivity contribution in [3.8, 4) is 0 Å². The molecule has 0 radical (unpaired) electrons. The van der Waals surface area contributed by atoms with Crippen LogP contribution in [0.5, 0.6) is 0 Å². The first kappa shape index (κ1) is 9.00. The van der Waals surface area contributed by atoms with Crippen molar-refractivity contribution >= 4 is 21.7 Å². The largest absolute Gasteiger partial charge is 0.357 e. The standard InChI is InChI=1S/C10H13BrN2/c1-13(8-4-2-5-8)10-7-3-6-9(11)12-10/h3,6-8H,2,4-5H2,1H3. The minimum Gasteiger partial charge on any atom is -0.357 e. The summed E-state index contributed by atoms with van der Waals surface area (Å²) in [5.41, 5.74) is 0. The molecule has 0 unspecified atom stereocenters. The molecule has 0 amide bonds. The summed E-state index contributed by atoms with van der Waals surface area (Å²) in [4.78, 5) is 6.69. The highest BCUT2D eigenvalue weighted by atomic mass is 79.9. The molecule has 0 N–H and O–H groups in total. The van der Waals surface area contributed by atoms with Crippen molar-refractivity contribution in [2.24, 2.45) is 0 Å². The van der Waals surface area contributed by atoms with Gasteiger partial charge < -0.3 is 4.90 Å². The Bertz CT molecular complexity index is 297. The first-order chi connectivity index (χ1) is 6.27. The predicted molar refractivity (Wildman–Crippen MR) is 58.0 cm³/mol. The Morgan fingerprint density at radius 3 is 2.77 bits per heavy atom. The molecule has 1 aliphatic carbocycles. The van der Waals surface area contributed by atoms with Gasteiger partial charge >= 0.3 is 0 Å². The third-order valence-corrected chi connectivity index (χ3v) is 3.13. The number of anilines is 1. The first-order valence-corrected chi connectivity index (χ1v) is 5.42. The Morgan fingerprint density at radius 1 is 1.46 bits per heavy atom. The second-order valence-corrected chi connectivity index (χ2v) is 4.33. The Kier molecular flexibility index (Phi) is 2.54. The van der Waals surface area contributed by atoms with Crippen LogP contribution in [0.1, 0.15) is 19.3 Å². The van der Waals surface area contributed by atoms with Gasteiger partial charge in [-0.1, -0.05) is 6.07 Å². The summed E-state index contributed by atoms with van der Waals surface area (Å²) < 4.78 is 0.913. The van der Waals surface area contributed by atoms with E-state index in [0.717, 1.165) is 10.4 Å². The molecule has 0 bridgehead atoms. The molecule has 0 spiro atoms. The van der Waals surface area contributed by atoms with E-state index in [4.69, 9.17) is 0 Å². The summed E-state index contributed by atoms with van der Waals surface area (Å²) in [6, 6.07) is 6.75. The summed E-state index contributed by atoms with van der Waals surface area (Å²) in [6.07, 6.45) is 3.98. The zero-order chi connectivity index (χ0) is 9.26. The van der Waals surface area contributed by atoms with Crippen LogP contribution in [0, 0.1) is 0 Å². The maximum Gasteiger partial charge on any atom is 0.129 e. The van der Waals surface area contributed by atoms with Crippen LogP contribution in [-0.2, 0) is 0 Å². The number of aromatic nitrogens is 1. The van der Waals surface area contributed by atoms with E-state index in [1.807, 2.05) is 12.1 Å². The number of rotatable bonds is 2. The molecule has 0 aliphatic heterocycles. The van der Waals surface area contributed by atoms with E-state index < -0.39 is 0 Å². The van der Waals surface area contributed by atoms with Crippen molar-refractivity contribution in [1.82, 2.24) is 4.98 Å². The van der Waals surface area contributed by atoms with E-state index in [2.05, 4.69) is 38.9 Å². The fourth-order valence-electron chi connectivity index (χ4n) is 1.56. The highest BCUT2D eigenvalue weighted by Crippen LogP contribution is 2.27. The average Bonchev–Trinajstić information content (AvgIpc) is 2.01. The SMILES string of the molecule is CN(c1cccc(Br)n1)C1CCC1. The van der Waals surface area contributed by atoms with E-state index in [9.17, 15) is 0 Å². The smallest absolute Gasteiger partial charge is 0.129 e. The number of hydrogen-bond acceptors (Lipinski definition) is 2. The molecule has 1 aromatic heterocycles. The lowest BCUT2D eigenvalue weighted by atomic mass is 9.92. The Balaban J connectivity index is 2.14. The molecule has 0 atom stereocenters.